The first-order valence-corrected chi connectivity index (χ1v) is 11.0. The van der Waals surface area contributed by atoms with Crippen molar-refractivity contribution in [2.24, 2.45) is 10.7 Å². The highest BCUT2D eigenvalue weighted by Crippen LogP contribution is 2.29. The SMILES string of the molecule is Cc1noc(COc2cnc(/C(F)=C/c3cc(F)c(F)c(C4CS(=O)N(C)C(N)=N4)c3)cn2)n1. The fourth-order valence-corrected chi connectivity index (χ4v) is 4.02. The van der Waals surface area contributed by atoms with Crippen LogP contribution in [-0.2, 0) is 17.6 Å². The summed E-state index contributed by atoms with van der Waals surface area (Å²) in [5.74, 6) is -2.62. The number of halogens is 3. The summed E-state index contributed by atoms with van der Waals surface area (Å²) in [6.45, 7) is 1.61. The summed E-state index contributed by atoms with van der Waals surface area (Å²) >= 11 is 0. The molecule has 0 bridgehead atoms. The molecule has 2 unspecified atom stereocenters. The molecule has 1 aliphatic heterocycles. The highest BCUT2D eigenvalue weighted by atomic mass is 32.2. The lowest BCUT2D eigenvalue weighted by atomic mass is 10.0. The highest BCUT2D eigenvalue weighted by Gasteiger charge is 2.28. The van der Waals surface area contributed by atoms with Crippen LogP contribution in [0.1, 0.15) is 34.6 Å². The van der Waals surface area contributed by atoms with Gasteiger partial charge in [-0.1, -0.05) is 5.16 Å². The van der Waals surface area contributed by atoms with Crippen LogP contribution in [0.2, 0.25) is 0 Å². The number of ether oxygens (including phenoxy) is 1. The minimum absolute atomic E-state index is 0.0128. The average Bonchev–Trinajstić information content (AvgIpc) is 3.23. The lowest BCUT2D eigenvalue weighted by molar-refractivity contribution is 0.234. The van der Waals surface area contributed by atoms with Crippen LogP contribution in [0.3, 0.4) is 0 Å². The van der Waals surface area contributed by atoms with E-state index in [0.29, 0.717) is 5.82 Å². The molecule has 0 radical (unpaired) electrons. The molecule has 2 atom stereocenters. The molecular weight excluding hydrogens is 475 g/mol. The van der Waals surface area contributed by atoms with Crippen molar-refractivity contribution < 1.29 is 26.6 Å². The molecule has 4 rings (SSSR count). The monoisotopic (exact) mass is 493 g/mol. The summed E-state index contributed by atoms with van der Waals surface area (Å²) < 4.78 is 67.1. The van der Waals surface area contributed by atoms with Gasteiger partial charge in [-0.15, -0.1) is 0 Å². The topological polar surface area (TPSA) is 133 Å². The van der Waals surface area contributed by atoms with Crippen LogP contribution in [0.5, 0.6) is 5.88 Å². The Bertz CT molecular complexity index is 1300. The Morgan fingerprint density at radius 3 is 2.79 bits per heavy atom. The Morgan fingerprint density at radius 2 is 2.15 bits per heavy atom. The number of aryl methyl sites for hydroxylation is 1. The van der Waals surface area contributed by atoms with E-state index >= 15 is 0 Å². The zero-order valence-corrected chi connectivity index (χ0v) is 18.7. The number of hydrogen-bond acceptors (Lipinski definition) is 9. The minimum atomic E-state index is -1.57. The minimum Gasteiger partial charge on any atom is -0.466 e. The Morgan fingerprint density at radius 1 is 1.35 bits per heavy atom. The van der Waals surface area contributed by atoms with Crippen molar-refractivity contribution in [3.05, 3.63) is 64.7 Å². The van der Waals surface area contributed by atoms with Crippen molar-refractivity contribution in [1.29, 1.82) is 0 Å². The van der Waals surface area contributed by atoms with Gasteiger partial charge in [-0.05, 0) is 30.7 Å². The smallest absolute Gasteiger partial charge is 0.264 e. The molecule has 1 aromatic carbocycles. The molecule has 1 aliphatic rings. The van der Waals surface area contributed by atoms with Crippen LogP contribution in [0.15, 0.2) is 34.0 Å². The Labute approximate surface area is 194 Å². The summed E-state index contributed by atoms with van der Waals surface area (Å²) in [5.41, 5.74) is 5.37. The van der Waals surface area contributed by atoms with Crippen molar-refractivity contribution in [1.82, 2.24) is 24.4 Å². The number of hydrogen-bond donors (Lipinski definition) is 1. The number of nitrogens with zero attached hydrogens (tertiary/aromatic N) is 6. The maximum Gasteiger partial charge on any atom is 0.264 e. The molecule has 10 nitrogen and oxygen atoms in total. The van der Waals surface area contributed by atoms with Crippen molar-refractivity contribution in [3.63, 3.8) is 0 Å². The summed E-state index contributed by atoms with van der Waals surface area (Å²) in [6, 6.07) is 1.07. The first kappa shape index (κ1) is 23.4. The van der Waals surface area contributed by atoms with Crippen LogP contribution in [-0.4, -0.2) is 47.4 Å². The van der Waals surface area contributed by atoms with Crippen molar-refractivity contribution in [2.75, 3.05) is 12.8 Å². The fraction of sp³-hybridized carbons (Fsp3) is 0.250. The zero-order valence-electron chi connectivity index (χ0n) is 17.9. The van der Waals surface area contributed by atoms with Gasteiger partial charge in [-0.25, -0.2) is 32.3 Å². The van der Waals surface area contributed by atoms with Gasteiger partial charge in [0.05, 0.1) is 24.2 Å². The lowest BCUT2D eigenvalue weighted by Crippen LogP contribution is -2.41. The van der Waals surface area contributed by atoms with E-state index in [1.165, 1.54) is 23.6 Å². The van der Waals surface area contributed by atoms with Gasteiger partial charge < -0.3 is 15.0 Å². The molecule has 14 heteroatoms. The molecule has 0 fully saturated rings. The summed E-state index contributed by atoms with van der Waals surface area (Å²) in [5, 5.41) is 3.62. The predicted molar refractivity (Wildman–Crippen MR) is 116 cm³/mol. The van der Waals surface area contributed by atoms with Crippen LogP contribution >= 0.6 is 0 Å². The second kappa shape index (κ2) is 9.59. The van der Waals surface area contributed by atoms with Crippen molar-refractivity contribution in [3.8, 4) is 5.88 Å². The van der Waals surface area contributed by atoms with Crippen molar-refractivity contribution >= 4 is 28.8 Å². The van der Waals surface area contributed by atoms with Crippen LogP contribution < -0.4 is 10.5 Å². The van der Waals surface area contributed by atoms with Gasteiger partial charge >= 0.3 is 0 Å². The van der Waals surface area contributed by atoms with E-state index in [2.05, 4.69) is 25.1 Å². The molecule has 0 saturated carbocycles. The second-order valence-electron chi connectivity index (χ2n) is 7.15. The summed E-state index contributed by atoms with van der Waals surface area (Å²) in [4.78, 5) is 15.9. The van der Waals surface area contributed by atoms with E-state index in [0.717, 1.165) is 18.3 Å². The van der Waals surface area contributed by atoms with Gasteiger partial charge in [0.2, 0.25) is 11.8 Å². The van der Waals surface area contributed by atoms with Gasteiger partial charge in [-0.3, -0.25) is 4.31 Å². The van der Waals surface area contributed by atoms with Gasteiger partial charge in [0.25, 0.3) is 5.89 Å². The van der Waals surface area contributed by atoms with E-state index in [4.69, 9.17) is 15.0 Å². The molecule has 34 heavy (non-hydrogen) atoms. The maximum atomic E-state index is 14.8. The second-order valence-corrected chi connectivity index (χ2v) is 8.67. The molecule has 3 heterocycles. The molecule has 0 saturated heterocycles. The van der Waals surface area contributed by atoms with Gasteiger partial charge in [0, 0.05) is 12.6 Å². The van der Waals surface area contributed by atoms with Crippen LogP contribution in [0.4, 0.5) is 13.2 Å². The van der Waals surface area contributed by atoms with E-state index < -0.39 is 34.5 Å². The maximum absolute atomic E-state index is 14.8. The molecule has 3 aromatic rings. The lowest BCUT2D eigenvalue weighted by Gasteiger charge is -2.26. The zero-order chi connectivity index (χ0) is 24.4. The van der Waals surface area contributed by atoms with E-state index in [9.17, 15) is 17.4 Å². The Hall–Kier alpha value is -3.81. The first-order chi connectivity index (χ1) is 16.2. The highest BCUT2D eigenvalue weighted by molar-refractivity contribution is 7.83. The molecule has 0 spiro atoms. The number of aliphatic imine (C=N–C) groups is 1. The van der Waals surface area contributed by atoms with E-state index in [1.807, 2.05) is 0 Å². The third-order valence-electron chi connectivity index (χ3n) is 4.73. The molecule has 0 amide bonds. The normalized spacial score (nSPS) is 18.7. The Balaban J connectivity index is 1.53. The van der Waals surface area contributed by atoms with Gasteiger partial charge in [0.15, 0.2) is 29.9 Å². The number of aromatic nitrogens is 4. The molecule has 2 aromatic heterocycles. The van der Waals surface area contributed by atoms with Crippen LogP contribution in [0, 0.1) is 18.6 Å². The van der Waals surface area contributed by atoms with Gasteiger partial charge in [0.1, 0.15) is 16.7 Å². The predicted octanol–water partition coefficient (Wildman–Crippen LogP) is 2.46. The van der Waals surface area contributed by atoms with E-state index in [1.54, 1.807) is 6.92 Å². The number of guanidine groups is 1. The first-order valence-electron chi connectivity index (χ1n) is 9.77. The molecule has 2 N–H and O–H groups in total. The third kappa shape index (κ3) is 5.06. The number of nitrogens with two attached hydrogens (primary N) is 1. The van der Waals surface area contributed by atoms with Crippen LogP contribution in [0.25, 0.3) is 11.9 Å². The largest absolute Gasteiger partial charge is 0.466 e. The quantitative estimate of drug-likeness (QED) is 0.554. The van der Waals surface area contributed by atoms with E-state index in [-0.39, 0.29) is 46.9 Å². The number of benzene rings is 1. The number of rotatable bonds is 6. The van der Waals surface area contributed by atoms with Gasteiger partial charge in [-0.2, -0.15) is 4.98 Å². The van der Waals surface area contributed by atoms with Crippen molar-refractivity contribution in [2.45, 2.75) is 19.6 Å². The molecule has 178 valence electrons. The summed E-state index contributed by atoms with van der Waals surface area (Å²) in [7, 11) is -0.0951. The molecular formula is C20H18F3N7O3S. The summed E-state index contributed by atoms with van der Waals surface area (Å²) in [6.07, 6.45) is 3.27. The standard InChI is InChI=1S/C20H18F3N7O3S/c1-10-27-18(33-29-10)8-32-17-7-25-15(6-26-17)13(21)4-11-3-12(19(23)14(22)5-11)16-9-34(31)30(2)20(24)28-16/h3-7,16H,8-9H2,1-2H3,(H2,24,28)/b13-4-. The fourth-order valence-electron chi connectivity index (χ4n) is 3.02. The Kier molecular flexibility index (Phi) is 6.58. The molecule has 0 aliphatic carbocycles. The average molecular weight is 493 g/mol. The third-order valence-corrected chi connectivity index (χ3v) is 6.13.